The van der Waals surface area contributed by atoms with Gasteiger partial charge in [-0.3, -0.25) is 4.79 Å². The summed E-state index contributed by atoms with van der Waals surface area (Å²) < 4.78 is 27.9. The minimum atomic E-state index is -3.96. The summed E-state index contributed by atoms with van der Waals surface area (Å²) in [6.45, 7) is 0. The summed E-state index contributed by atoms with van der Waals surface area (Å²) in [4.78, 5) is 16.1. The summed E-state index contributed by atoms with van der Waals surface area (Å²) in [5.74, 6) is -0.831. The molecule has 9 heteroatoms. The van der Waals surface area contributed by atoms with Gasteiger partial charge in [0.2, 0.25) is 0 Å². The fourth-order valence-electron chi connectivity index (χ4n) is 2.06. The molecule has 128 valence electrons. The Balaban J connectivity index is 1.82. The van der Waals surface area contributed by atoms with E-state index in [-0.39, 0.29) is 10.6 Å². The third-order valence-electron chi connectivity index (χ3n) is 3.30. The molecule has 0 spiro atoms. The molecular weight excluding hydrogens is 385 g/mol. The first kappa shape index (κ1) is 17.5. The second-order valence-electron chi connectivity index (χ2n) is 5.01. The Hall–Kier alpha value is -2.35. The summed E-state index contributed by atoms with van der Waals surface area (Å²) in [5, 5.41) is 0.753. The Kier molecular flexibility index (Phi) is 4.80. The Bertz CT molecular complexity index is 1030. The van der Waals surface area contributed by atoms with Crippen molar-refractivity contribution in [2.75, 3.05) is 0 Å². The van der Waals surface area contributed by atoms with Gasteiger partial charge in [-0.1, -0.05) is 41.4 Å². The van der Waals surface area contributed by atoms with Crippen LogP contribution in [-0.2, 0) is 10.0 Å². The highest BCUT2D eigenvalue weighted by atomic mass is 35.5. The molecule has 3 aromatic rings. The normalized spacial score (nSPS) is 11.3. The van der Waals surface area contributed by atoms with Crippen molar-refractivity contribution >= 4 is 39.1 Å². The van der Waals surface area contributed by atoms with E-state index in [1.807, 2.05) is 4.72 Å². The van der Waals surface area contributed by atoms with Gasteiger partial charge in [0.25, 0.3) is 15.9 Å². The van der Waals surface area contributed by atoms with Crippen LogP contribution < -0.4 is 4.72 Å². The molecule has 0 fully saturated rings. The highest BCUT2D eigenvalue weighted by molar-refractivity contribution is 7.90. The van der Waals surface area contributed by atoms with Gasteiger partial charge in [0.15, 0.2) is 0 Å². The predicted octanol–water partition coefficient (Wildman–Crippen LogP) is 3.30. The van der Waals surface area contributed by atoms with Crippen LogP contribution in [0, 0.1) is 0 Å². The van der Waals surface area contributed by atoms with Crippen molar-refractivity contribution < 1.29 is 13.2 Å². The van der Waals surface area contributed by atoms with E-state index in [0.29, 0.717) is 15.7 Å². The van der Waals surface area contributed by atoms with Gasteiger partial charge in [0.05, 0.1) is 14.9 Å². The number of hydrogen-bond acceptors (Lipinski definition) is 4. The number of rotatable bonds is 4. The third kappa shape index (κ3) is 3.84. The Labute approximate surface area is 154 Å². The minimum Gasteiger partial charge on any atom is -0.305 e. The first-order valence-electron chi connectivity index (χ1n) is 6.98. The molecule has 0 saturated carbocycles. The quantitative estimate of drug-likeness (QED) is 0.734. The van der Waals surface area contributed by atoms with Gasteiger partial charge in [-0.05, 0) is 30.3 Å². The van der Waals surface area contributed by atoms with Crippen LogP contribution in [0.3, 0.4) is 0 Å². The molecule has 3 rings (SSSR count). The fraction of sp³-hybridized carbons (Fsp3) is 0. The molecule has 0 aliphatic carbocycles. The lowest BCUT2D eigenvalue weighted by molar-refractivity contribution is 0.0977. The second kappa shape index (κ2) is 6.87. The van der Waals surface area contributed by atoms with Crippen LogP contribution in [0.2, 0.25) is 10.0 Å². The Morgan fingerprint density at radius 3 is 2.44 bits per heavy atom. The van der Waals surface area contributed by atoms with Crippen LogP contribution in [0.25, 0.3) is 5.69 Å². The number of nitrogens with zero attached hydrogens (tertiary/aromatic N) is 2. The van der Waals surface area contributed by atoms with Crippen LogP contribution in [0.4, 0.5) is 0 Å². The average molecular weight is 396 g/mol. The lowest BCUT2D eigenvalue weighted by atomic mass is 10.3. The summed E-state index contributed by atoms with van der Waals surface area (Å²) >= 11 is 11.8. The number of nitrogens with one attached hydrogen (secondary N) is 1. The van der Waals surface area contributed by atoms with Crippen molar-refractivity contribution in [2.24, 2.45) is 0 Å². The monoisotopic (exact) mass is 395 g/mol. The molecule has 0 aliphatic rings. The molecule has 25 heavy (non-hydrogen) atoms. The lowest BCUT2D eigenvalue weighted by Crippen LogP contribution is -2.30. The van der Waals surface area contributed by atoms with Crippen molar-refractivity contribution in [3.05, 3.63) is 76.8 Å². The number of aromatic nitrogens is 2. The third-order valence-corrected chi connectivity index (χ3v) is 5.38. The number of benzene rings is 2. The molecular formula is C16H11Cl2N3O3S. The highest BCUT2D eigenvalue weighted by Crippen LogP contribution is 2.24. The van der Waals surface area contributed by atoms with Crippen molar-refractivity contribution in [1.82, 2.24) is 14.3 Å². The lowest BCUT2D eigenvalue weighted by Gasteiger charge is -2.05. The van der Waals surface area contributed by atoms with E-state index >= 15 is 0 Å². The van der Waals surface area contributed by atoms with Crippen LogP contribution in [0.1, 0.15) is 10.5 Å². The predicted molar refractivity (Wildman–Crippen MR) is 94.7 cm³/mol. The molecule has 0 saturated heterocycles. The zero-order valence-corrected chi connectivity index (χ0v) is 14.9. The molecule has 0 atom stereocenters. The smallest absolute Gasteiger partial charge is 0.285 e. The molecule has 2 aromatic carbocycles. The fourth-order valence-corrected chi connectivity index (χ4v) is 3.33. The number of carbonyl (C=O) groups is 1. The van der Waals surface area contributed by atoms with Crippen LogP contribution in [0.5, 0.6) is 0 Å². The topological polar surface area (TPSA) is 81.1 Å². The highest BCUT2D eigenvalue weighted by Gasteiger charge is 2.20. The Morgan fingerprint density at radius 2 is 1.76 bits per heavy atom. The zero-order chi connectivity index (χ0) is 18.0. The van der Waals surface area contributed by atoms with Crippen molar-refractivity contribution in [3.8, 4) is 5.69 Å². The van der Waals surface area contributed by atoms with E-state index in [2.05, 4.69) is 4.98 Å². The molecule has 1 aromatic heterocycles. The van der Waals surface area contributed by atoms with Gasteiger partial charge in [0, 0.05) is 11.9 Å². The van der Waals surface area contributed by atoms with E-state index in [0.717, 1.165) is 0 Å². The molecule has 1 N–H and O–H groups in total. The van der Waals surface area contributed by atoms with Crippen LogP contribution in [-0.4, -0.2) is 23.9 Å². The molecule has 0 aliphatic heterocycles. The van der Waals surface area contributed by atoms with E-state index in [9.17, 15) is 13.2 Å². The zero-order valence-electron chi connectivity index (χ0n) is 12.6. The van der Waals surface area contributed by atoms with Crippen LogP contribution >= 0.6 is 23.2 Å². The van der Waals surface area contributed by atoms with Crippen molar-refractivity contribution in [2.45, 2.75) is 4.90 Å². The number of amides is 1. The number of sulfonamides is 1. The molecule has 0 radical (unpaired) electrons. The van der Waals surface area contributed by atoms with Gasteiger partial charge < -0.3 is 4.57 Å². The summed E-state index contributed by atoms with van der Waals surface area (Å²) in [7, 11) is -3.96. The summed E-state index contributed by atoms with van der Waals surface area (Å²) in [6, 6.07) is 12.5. The van der Waals surface area contributed by atoms with E-state index in [1.165, 1.54) is 29.2 Å². The molecule has 1 amide bonds. The largest absolute Gasteiger partial charge is 0.305 e. The van der Waals surface area contributed by atoms with Gasteiger partial charge in [-0.2, -0.15) is 0 Å². The maximum absolute atomic E-state index is 12.2. The molecule has 1 heterocycles. The molecule has 6 nitrogen and oxygen atoms in total. The van der Waals surface area contributed by atoms with Crippen LogP contribution in [0.15, 0.2) is 66.0 Å². The molecule has 0 unspecified atom stereocenters. The number of carbonyl (C=O) groups excluding carboxylic acids is 1. The maximum atomic E-state index is 12.2. The number of hydrogen-bond donors (Lipinski definition) is 1. The van der Waals surface area contributed by atoms with Gasteiger partial charge >= 0.3 is 0 Å². The van der Waals surface area contributed by atoms with E-state index in [1.54, 1.807) is 36.4 Å². The van der Waals surface area contributed by atoms with Crippen molar-refractivity contribution in [1.29, 1.82) is 0 Å². The molecule has 0 bridgehead atoms. The average Bonchev–Trinajstić information content (AvgIpc) is 3.08. The SMILES string of the molecule is O=C(NS(=O)(=O)c1ccccc1)c1cn(-c2ccc(Cl)c(Cl)c2)cn1. The first-order chi connectivity index (χ1) is 11.9. The van der Waals surface area contributed by atoms with Crippen molar-refractivity contribution in [3.63, 3.8) is 0 Å². The second-order valence-corrected chi connectivity index (χ2v) is 7.51. The summed E-state index contributed by atoms with van der Waals surface area (Å²) in [6.07, 6.45) is 2.78. The van der Waals surface area contributed by atoms with E-state index < -0.39 is 15.9 Å². The Morgan fingerprint density at radius 1 is 1.04 bits per heavy atom. The number of halogens is 2. The maximum Gasteiger partial charge on any atom is 0.285 e. The van der Waals surface area contributed by atoms with E-state index in [4.69, 9.17) is 23.2 Å². The van der Waals surface area contributed by atoms with Gasteiger partial charge in [-0.25, -0.2) is 18.1 Å². The number of imidazole rings is 1. The van der Waals surface area contributed by atoms with Gasteiger partial charge in [0.1, 0.15) is 12.0 Å². The minimum absolute atomic E-state index is 0.00716. The standard InChI is InChI=1S/C16H11Cl2N3O3S/c17-13-7-6-11(8-14(13)18)21-9-15(19-10-21)16(22)20-25(23,24)12-4-2-1-3-5-12/h1-10H,(H,20,22). The first-order valence-corrected chi connectivity index (χ1v) is 9.22. The summed E-state index contributed by atoms with van der Waals surface area (Å²) in [5.41, 5.74) is 0.581. The van der Waals surface area contributed by atoms with Gasteiger partial charge in [-0.15, -0.1) is 0 Å².